The van der Waals surface area contributed by atoms with Gasteiger partial charge in [0.05, 0.1) is 12.7 Å². The van der Waals surface area contributed by atoms with Crippen molar-refractivity contribution in [3.63, 3.8) is 0 Å². The van der Waals surface area contributed by atoms with Crippen molar-refractivity contribution in [2.45, 2.75) is 19.4 Å². The Kier molecular flexibility index (Phi) is 4.44. The third kappa shape index (κ3) is 3.00. The summed E-state index contributed by atoms with van der Waals surface area (Å²) in [5.41, 5.74) is 5.53. The Bertz CT molecular complexity index is 529. The van der Waals surface area contributed by atoms with Crippen molar-refractivity contribution in [3.05, 3.63) is 28.6 Å². The minimum Gasteiger partial charge on any atom is -0.493 e. The van der Waals surface area contributed by atoms with Gasteiger partial charge in [-0.2, -0.15) is 0 Å². The fourth-order valence-electron chi connectivity index (χ4n) is 1.77. The lowest BCUT2D eigenvalue weighted by molar-refractivity contribution is -0.138. The number of carboxylic acids is 2. The number of carbonyl (C=O) groups is 2. The molecule has 1 aromatic rings. The van der Waals surface area contributed by atoms with Gasteiger partial charge in [-0.1, -0.05) is 0 Å². The van der Waals surface area contributed by atoms with Gasteiger partial charge in [-0.05, 0) is 18.6 Å². The quantitative estimate of drug-likeness (QED) is 0.730. The Balaban J connectivity index is 3.41. The molecule has 0 aliphatic rings. The Morgan fingerprint density at radius 1 is 1.47 bits per heavy atom. The fraction of sp³-hybridized carbons (Fsp3) is 0.333. The van der Waals surface area contributed by atoms with E-state index >= 15 is 0 Å². The van der Waals surface area contributed by atoms with Gasteiger partial charge in [-0.15, -0.1) is 0 Å². The largest absolute Gasteiger partial charge is 0.493 e. The third-order valence-corrected chi connectivity index (χ3v) is 2.79. The van der Waals surface area contributed by atoms with Crippen LogP contribution < -0.4 is 10.5 Å². The van der Waals surface area contributed by atoms with E-state index in [1.165, 1.54) is 14.0 Å². The average molecular weight is 271 g/mol. The zero-order valence-electron chi connectivity index (χ0n) is 10.4. The molecule has 0 saturated heterocycles. The van der Waals surface area contributed by atoms with E-state index in [1.54, 1.807) is 0 Å². The van der Waals surface area contributed by atoms with E-state index in [0.717, 1.165) is 6.07 Å². The Hall–Kier alpha value is -2.15. The van der Waals surface area contributed by atoms with Gasteiger partial charge in [0, 0.05) is 12.0 Å². The highest BCUT2D eigenvalue weighted by molar-refractivity contribution is 5.90. The first kappa shape index (κ1) is 14.9. The molecule has 0 saturated carbocycles. The molecule has 0 aliphatic heterocycles. The lowest BCUT2D eigenvalue weighted by Gasteiger charge is -2.16. The molecule has 0 aromatic heterocycles. The molecular formula is C12H14FNO5. The maximum atomic E-state index is 13.7. The first-order valence-electron chi connectivity index (χ1n) is 5.37. The summed E-state index contributed by atoms with van der Waals surface area (Å²) in [4.78, 5) is 21.7. The molecule has 0 amide bonds. The van der Waals surface area contributed by atoms with Gasteiger partial charge >= 0.3 is 11.9 Å². The van der Waals surface area contributed by atoms with Crippen LogP contribution in [0.5, 0.6) is 5.75 Å². The zero-order valence-corrected chi connectivity index (χ0v) is 10.4. The van der Waals surface area contributed by atoms with Crippen LogP contribution >= 0.6 is 0 Å². The number of carboxylic acid groups (broad SMARTS) is 2. The summed E-state index contributed by atoms with van der Waals surface area (Å²) in [7, 11) is 1.22. The lowest BCUT2D eigenvalue weighted by Crippen LogP contribution is -2.33. The molecule has 0 radical (unpaired) electrons. The molecule has 19 heavy (non-hydrogen) atoms. The summed E-state index contributed by atoms with van der Waals surface area (Å²) >= 11 is 0. The van der Waals surface area contributed by atoms with Crippen molar-refractivity contribution < 1.29 is 28.9 Å². The monoisotopic (exact) mass is 271 g/mol. The third-order valence-electron chi connectivity index (χ3n) is 2.79. The van der Waals surface area contributed by atoms with E-state index < -0.39 is 23.8 Å². The van der Waals surface area contributed by atoms with Crippen LogP contribution in [0.2, 0.25) is 0 Å². The molecule has 0 fully saturated rings. The molecule has 0 spiro atoms. The standard InChI is InChI=1S/C12H14FNO5/c1-5-6(4-9(14)12(17)18)10(19-2)8(13)3-7(5)11(15)16/h3,9H,4,14H2,1-2H3,(H,15,16)(H,17,18). The number of ether oxygens (including phenoxy) is 1. The minimum atomic E-state index is -1.30. The Morgan fingerprint density at radius 2 is 2.05 bits per heavy atom. The normalized spacial score (nSPS) is 12.0. The highest BCUT2D eigenvalue weighted by atomic mass is 19.1. The van der Waals surface area contributed by atoms with Gasteiger partial charge in [-0.25, -0.2) is 9.18 Å². The number of hydrogen-bond donors (Lipinski definition) is 3. The Labute approximate surface area is 108 Å². The maximum Gasteiger partial charge on any atom is 0.336 e. The molecule has 0 aliphatic carbocycles. The SMILES string of the molecule is COc1c(F)cc(C(=O)O)c(C)c1CC(N)C(=O)O. The number of aromatic carboxylic acids is 1. The first-order valence-corrected chi connectivity index (χ1v) is 5.37. The second-order valence-electron chi connectivity index (χ2n) is 4.00. The molecular weight excluding hydrogens is 257 g/mol. The molecule has 6 nitrogen and oxygen atoms in total. The van der Waals surface area contributed by atoms with E-state index in [0.29, 0.717) is 0 Å². The zero-order chi connectivity index (χ0) is 14.7. The molecule has 4 N–H and O–H groups in total. The summed E-state index contributed by atoms with van der Waals surface area (Å²) < 4.78 is 18.6. The summed E-state index contributed by atoms with van der Waals surface area (Å²) in [5.74, 6) is -3.61. The predicted octanol–water partition coefficient (Wildman–Crippen LogP) is 0.795. The number of methoxy groups -OCH3 is 1. The number of nitrogens with two attached hydrogens (primary N) is 1. The van der Waals surface area contributed by atoms with Gasteiger partial charge < -0.3 is 20.7 Å². The minimum absolute atomic E-state index is 0.148. The van der Waals surface area contributed by atoms with Crippen molar-refractivity contribution in [3.8, 4) is 5.75 Å². The highest BCUT2D eigenvalue weighted by Crippen LogP contribution is 2.29. The lowest BCUT2D eigenvalue weighted by atomic mass is 9.95. The summed E-state index contributed by atoms with van der Waals surface area (Å²) in [5, 5.41) is 17.7. The highest BCUT2D eigenvalue weighted by Gasteiger charge is 2.23. The van der Waals surface area contributed by atoms with Crippen molar-refractivity contribution >= 4 is 11.9 Å². The molecule has 1 aromatic carbocycles. The second kappa shape index (κ2) is 5.66. The van der Waals surface area contributed by atoms with Crippen LogP contribution in [0.3, 0.4) is 0 Å². The molecule has 1 rings (SSSR count). The van der Waals surface area contributed by atoms with Gasteiger partial charge in [0.15, 0.2) is 11.6 Å². The van der Waals surface area contributed by atoms with E-state index in [1.807, 2.05) is 0 Å². The number of halogens is 1. The first-order chi connectivity index (χ1) is 8.79. The number of aliphatic carboxylic acids is 1. The molecule has 1 atom stereocenters. The predicted molar refractivity (Wildman–Crippen MR) is 64.0 cm³/mol. The molecule has 0 heterocycles. The smallest absolute Gasteiger partial charge is 0.336 e. The molecule has 0 bridgehead atoms. The van der Waals surface area contributed by atoms with E-state index in [2.05, 4.69) is 0 Å². The second-order valence-corrected chi connectivity index (χ2v) is 4.00. The fourth-order valence-corrected chi connectivity index (χ4v) is 1.77. The maximum absolute atomic E-state index is 13.7. The van der Waals surface area contributed by atoms with Crippen LogP contribution in [0.25, 0.3) is 0 Å². The number of hydrogen-bond acceptors (Lipinski definition) is 4. The van der Waals surface area contributed by atoms with Gasteiger partial charge in [-0.3, -0.25) is 4.79 Å². The van der Waals surface area contributed by atoms with Crippen LogP contribution in [0.4, 0.5) is 4.39 Å². The van der Waals surface area contributed by atoms with Crippen LogP contribution in [-0.2, 0) is 11.2 Å². The molecule has 7 heteroatoms. The summed E-state index contributed by atoms with van der Waals surface area (Å²) in [6, 6.07) is -0.428. The number of rotatable bonds is 5. The van der Waals surface area contributed by atoms with Gasteiger partial charge in [0.2, 0.25) is 0 Å². The van der Waals surface area contributed by atoms with Gasteiger partial charge in [0.1, 0.15) is 6.04 Å². The van der Waals surface area contributed by atoms with Crippen molar-refractivity contribution in [1.82, 2.24) is 0 Å². The topological polar surface area (TPSA) is 110 Å². The van der Waals surface area contributed by atoms with E-state index in [4.69, 9.17) is 20.7 Å². The molecule has 1 unspecified atom stereocenters. The summed E-state index contributed by atoms with van der Waals surface area (Å²) in [6.45, 7) is 1.45. The van der Waals surface area contributed by atoms with Gasteiger partial charge in [0.25, 0.3) is 0 Å². The van der Waals surface area contributed by atoms with Crippen molar-refractivity contribution in [2.24, 2.45) is 5.73 Å². The van der Waals surface area contributed by atoms with Crippen molar-refractivity contribution in [1.29, 1.82) is 0 Å². The van der Waals surface area contributed by atoms with Crippen LogP contribution in [0.1, 0.15) is 21.5 Å². The van der Waals surface area contributed by atoms with Crippen LogP contribution in [-0.4, -0.2) is 35.3 Å². The Morgan fingerprint density at radius 3 is 2.47 bits per heavy atom. The van der Waals surface area contributed by atoms with E-state index in [-0.39, 0.29) is 28.9 Å². The van der Waals surface area contributed by atoms with Crippen LogP contribution in [0, 0.1) is 12.7 Å². The van der Waals surface area contributed by atoms with E-state index in [9.17, 15) is 14.0 Å². The number of benzene rings is 1. The van der Waals surface area contributed by atoms with Crippen molar-refractivity contribution in [2.75, 3.05) is 7.11 Å². The average Bonchev–Trinajstić information content (AvgIpc) is 2.32. The molecule has 104 valence electrons. The van der Waals surface area contributed by atoms with Crippen LogP contribution in [0.15, 0.2) is 6.07 Å². The summed E-state index contributed by atoms with van der Waals surface area (Å²) in [6.07, 6.45) is -0.220.